The molecule has 7 nitrogen and oxygen atoms in total. The fourth-order valence-corrected chi connectivity index (χ4v) is 3.35. The van der Waals surface area contributed by atoms with E-state index in [2.05, 4.69) is 10.2 Å². The Balaban J connectivity index is 1.48. The van der Waals surface area contributed by atoms with Crippen molar-refractivity contribution >= 4 is 28.9 Å². The Hall–Kier alpha value is -2.64. The van der Waals surface area contributed by atoms with Gasteiger partial charge in [-0.25, -0.2) is 0 Å². The van der Waals surface area contributed by atoms with Crippen molar-refractivity contribution in [2.24, 2.45) is 0 Å². The molecule has 1 aliphatic rings. The van der Waals surface area contributed by atoms with E-state index in [1.807, 2.05) is 23.1 Å². The molecule has 1 N–H and O–H groups in total. The highest BCUT2D eigenvalue weighted by Crippen LogP contribution is 2.28. The van der Waals surface area contributed by atoms with Crippen molar-refractivity contribution in [3.8, 4) is 0 Å². The highest BCUT2D eigenvalue weighted by molar-refractivity contribution is 6.30. The number of carbonyl (C=O) groups excluding carboxylic acids is 1. The molecule has 0 spiro atoms. The zero-order chi connectivity index (χ0) is 19.2. The predicted octanol–water partition coefficient (Wildman–Crippen LogP) is 2.69. The molecular formula is C19H21ClN4O3. The van der Waals surface area contributed by atoms with Crippen LogP contribution in [0.3, 0.4) is 0 Å². The molecule has 1 saturated heterocycles. The van der Waals surface area contributed by atoms with E-state index in [1.165, 1.54) is 6.07 Å². The lowest BCUT2D eigenvalue weighted by Gasteiger charge is -2.35. The van der Waals surface area contributed by atoms with Gasteiger partial charge in [-0.15, -0.1) is 0 Å². The van der Waals surface area contributed by atoms with E-state index in [-0.39, 0.29) is 16.5 Å². The van der Waals surface area contributed by atoms with E-state index in [0.29, 0.717) is 50.0 Å². The number of hydrogen-bond donors (Lipinski definition) is 1. The van der Waals surface area contributed by atoms with Crippen LogP contribution in [0.4, 0.5) is 11.4 Å². The summed E-state index contributed by atoms with van der Waals surface area (Å²) >= 11 is 5.94. The Morgan fingerprint density at radius 2 is 1.85 bits per heavy atom. The van der Waals surface area contributed by atoms with Crippen molar-refractivity contribution in [2.45, 2.75) is 6.54 Å². The van der Waals surface area contributed by atoms with Gasteiger partial charge in [-0.3, -0.25) is 19.8 Å². The van der Waals surface area contributed by atoms with Crippen molar-refractivity contribution in [3.05, 3.63) is 69.2 Å². The van der Waals surface area contributed by atoms with Crippen LogP contribution >= 0.6 is 11.6 Å². The van der Waals surface area contributed by atoms with Crippen molar-refractivity contribution < 1.29 is 9.72 Å². The molecule has 8 heteroatoms. The molecule has 0 aliphatic carbocycles. The standard InChI is InChI=1S/C19H21ClN4O3/c20-16-5-3-4-15(12-16)13-21-19(25)14-22-8-10-23(11-9-22)17-6-1-2-7-18(17)24(26)27/h1-7,12H,8-11,13-14H2,(H,21,25). The number of piperazine rings is 1. The number of carbonyl (C=O) groups is 1. The number of benzene rings is 2. The number of halogens is 1. The molecule has 2 aromatic carbocycles. The molecule has 3 rings (SSSR count). The zero-order valence-electron chi connectivity index (χ0n) is 14.8. The van der Waals surface area contributed by atoms with Crippen LogP contribution in [0.25, 0.3) is 0 Å². The van der Waals surface area contributed by atoms with Crippen LogP contribution in [0.2, 0.25) is 5.02 Å². The SMILES string of the molecule is O=C(CN1CCN(c2ccccc2[N+](=O)[O-])CC1)NCc1cccc(Cl)c1. The lowest BCUT2D eigenvalue weighted by atomic mass is 10.2. The minimum Gasteiger partial charge on any atom is -0.363 e. The summed E-state index contributed by atoms with van der Waals surface area (Å²) in [5.74, 6) is -0.0471. The molecule has 1 amide bonds. The maximum atomic E-state index is 12.2. The van der Waals surface area contributed by atoms with Gasteiger partial charge in [-0.2, -0.15) is 0 Å². The summed E-state index contributed by atoms with van der Waals surface area (Å²) in [6.45, 7) is 3.40. The van der Waals surface area contributed by atoms with Gasteiger partial charge in [0.1, 0.15) is 5.69 Å². The van der Waals surface area contributed by atoms with E-state index >= 15 is 0 Å². The number of para-hydroxylation sites is 2. The van der Waals surface area contributed by atoms with E-state index in [0.717, 1.165) is 5.56 Å². The molecular weight excluding hydrogens is 368 g/mol. The van der Waals surface area contributed by atoms with Gasteiger partial charge in [0, 0.05) is 43.8 Å². The third-order valence-corrected chi connectivity index (χ3v) is 4.77. The molecule has 0 unspecified atom stereocenters. The average molecular weight is 389 g/mol. The van der Waals surface area contributed by atoms with Crippen LogP contribution in [0.1, 0.15) is 5.56 Å². The average Bonchev–Trinajstić information content (AvgIpc) is 2.67. The maximum absolute atomic E-state index is 12.2. The van der Waals surface area contributed by atoms with Crippen molar-refractivity contribution in [3.63, 3.8) is 0 Å². The first-order valence-corrected chi connectivity index (χ1v) is 9.12. The number of rotatable bonds is 6. The molecule has 27 heavy (non-hydrogen) atoms. The smallest absolute Gasteiger partial charge is 0.292 e. The molecule has 142 valence electrons. The lowest BCUT2D eigenvalue weighted by molar-refractivity contribution is -0.384. The van der Waals surface area contributed by atoms with Gasteiger partial charge < -0.3 is 10.2 Å². The van der Waals surface area contributed by atoms with Gasteiger partial charge >= 0.3 is 0 Å². The zero-order valence-corrected chi connectivity index (χ0v) is 15.6. The highest BCUT2D eigenvalue weighted by Gasteiger charge is 2.24. The Kier molecular flexibility index (Phi) is 6.26. The van der Waals surface area contributed by atoms with Crippen LogP contribution < -0.4 is 10.2 Å². The quantitative estimate of drug-likeness (QED) is 0.608. The number of nitro groups is 1. The largest absolute Gasteiger partial charge is 0.363 e. The second-order valence-electron chi connectivity index (χ2n) is 6.42. The topological polar surface area (TPSA) is 78.7 Å². The first kappa shape index (κ1) is 19.1. The number of nitro benzene ring substituents is 1. The van der Waals surface area contributed by atoms with Crippen molar-refractivity contribution in [2.75, 3.05) is 37.6 Å². The summed E-state index contributed by atoms with van der Waals surface area (Å²) in [4.78, 5) is 27.1. The van der Waals surface area contributed by atoms with Gasteiger partial charge in [0.15, 0.2) is 0 Å². The van der Waals surface area contributed by atoms with Crippen LogP contribution in [-0.2, 0) is 11.3 Å². The lowest BCUT2D eigenvalue weighted by Crippen LogP contribution is -2.49. The van der Waals surface area contributed by atoms with Gasteiger partial charge in [0.25, 0.3) is 5.69 Å². The summed E-state index contributed by atoms with van der Waals surface area (Å²) in [6, 6.07) is 14.1. The van der Waals surface area contributed by atoms with Gasteiger partial charge in [0.2, 0.25) is 5.91 Å². The van der Waals surface area contributed by atoms with Gasteiger partial charge in [0.05, 0.1) is 11.5 Å². The summed E-state index contributed by atoms with van der Waals surface area (Å²) in [6.07, 6.45) is 0. The summed E-state index contributed by atoms with van der Waals surface area (Å²) in [7, 11) is 0. The molecule has 1 aliphatic heterocycles. The fourth-order valence-electron chi connectivity index (χ4n) is 3.14. The molecule has 0 radical (unpaired) electrons. The van der Waals surface area contributed by atoms with Crippen LogP contribution in [0.5, 0.6) is 0 Å². The highest BCUT2D eigenvalue weighted by atomic mass is 35.5. The minimum atomic E-state index is -0.356. The van der Waals surface area contributed by atoms with Crippen molar-refractivity contribution in [1.29, 1.82) is 0 Å². The minimum absolute atomic E-state index is 0.0471. The van der Waals surface area contributed by atoms with Crippen LogP contribution in [-0.4, -0.2) is 48.5 Å². The number of amides is 1. The van der Waals surface area contributed by atoms with Gasteiger partial charge in [-0.1, -0.05) is 35.9 Å². The summed E-state index contributed by atoms with van der Waals surface area (Å²) in [5.41, 5.74) is 1.70. The Morgan fingerprint density at radius 1 is 1.11 bits per heavy atom. The third kappa shape index (κ3) is 5.18. The molecule has 0 saturated carbocycles. The molecule has 1 heterocycles. The fraction of sp³-hybridized carbons (Fsp3) is 0.316. The summed E-state index contributed by atoms with van der Waals surface area (Å²) in [5, 5.41) is 14.7. The molecule has 2 aromatic rings. The van der Waals surface area contributed by atoms with Crippen LogP contribution in [0, 0.1) is 10.1 Å². The molecule has 0 bridgehead atoms. The first-order chi connectivity index (χ1) is 13.0. The number of anilines is 1. The summed E-state index contributed by atoms with van der Waals surface area (Å²) < 4.78 is 0. The van der Waals surface area contributed by atoms with Crippen molar-refractivity contribution in [1.82, 2.24) is 10.2 Å². The van der Waals surface area contributed by atoms with E-state index in [9.17, 15) is 14.9 Å². The van der Waals surface area contributed by atoms with E-state index in [1.54, 1.807) is 24.3 Å². The van der Waals surface area contributed by atoms with Crippen LogP contribution in [0.15, 0.2) is 48.5 Å². The second kappa shape index (κ2) is 8.83. The van der Waals surface area contributed by atoms with E-state index in [4.69, 9.17) is 11.6 Å². The monoisotopic (exact) mass is 388 g/mol. The van der Waals surface area contributed by atoms with Gasteiger partial charge in [-0.05, 0) is 23.8 Å². The molecule has 1 fully saturated rings. The number of nitrogens with one attached hydrogen (secondary N) is 1. The predicted molar refractivity (Wildman–Crippen MR) is 105 cm³/mol. The second-order valence-corrected chi connectivity index (χ2v) is 6.85. The molecule has 0 aromatic heterocycles. The van der Waals surface area contributed by atoms with E-state index < -0.39 is 0 Å². The Labute approximate surface area is 162 Å². The third-order valence-electron chi connectivity index (χ3n) is 4.54. The maximum Gasteiger partial charge on any atom is 0.292 e. The Bertz CT molecular complexity index is 822. The first-order valence-electron chi connectivity index (χ1n) is 8.75. The Morgan fingerprint density at radius 3 is 2.56 bits per heavy atom. The number of nitrogens with zero attached hydrogens (tertiary/aromatic N) is 3. The normalized spacial score (nSPS) is 14.8. The molecule has 0 atom stereocenters. The number of hydrogen-bond acceptors (Lipinski definition) is 5.